The number of carbonyl (C=O) groups is 2. The summed E-state index contributed by atoms with van der Waals surface area (Å²) in [5, 5.41) is 0.605. The molecule has 0 saturated carbocycles. The third-order valence-corrected chi connectivity index (χ3v) is 6.58. The molecule has 4 rings (SSSR count). The number of benzene rings is 1. The molecule has 1 spiro atoms. The van der Waals surface area contributed by atoms with Crippen LogP contribution in [0.2, 0.25) is 0 Å². The Balaban J connectivity index is 1.72. The number of ketones is 1. The van der Waals surface area contributed by atoms with Gasteiger partial charge >= 0.3 is 5.97 Å². The van der Waals surface area contributed by atoms with E-state index < -0.39 is 6.04 Å². The summed E-state index contributed by atoms with van der Waals surface area (Å²) < 4.78 is 20.3. The van der Waals surface area contributed by atoms with Crippen molar-refractivity contribution in [1.29, 1.82) is 0 Å². The Morgan fingerprint density at radius 3 is 2.85 bits per heavy atom. The van der Waals surface area contributed by atoms with Gasteiger partial charge in [-0.05, 0) is 12.1 Å². The van der Waals surface area contributed by atoms with Crippen LogP contribution in [-0.2, 0) is 22.6 Å². The van der Waals surface area contributed by atoms with Crippen LogP contribution >= 0.6 is 11.3 Å². The average molecular weight is 374 g/mol. The first-order chi connectivity index (χ1) is 12.5. The van der Waals surface area contributed by atoms with Gasteiger partial charge in [0, 0.05) is 42.7 Å². The van der Waals surface area contributed by atoms with Crippen LogP contribution in [0.15, 0.2) is 30.3 Å². The minimum atomic E-state index is -0.449. The summed E-state index contributed by atoms with van der Waals surface area (Å²) in [6.07, 6.45) is 2.16. The van der Waals surface area contributed by atoms with Crippen molar-refractivity contribution >= 4 is 23.1 Å². The summed E-state index contributed by atoms with van der Waals surface area (Å²) in [6.45, 7) is 3.74. The monoisotopic (exact) mass is 374 g/mol. The fraction of sp³-hybridized carbons (Fsp3) is 0.400. The van der Waals surface area contributed by atoms with Crippen LogP contribution in [0.1, 0.15) is 41.8 Å². The largest absolute Gasteiger partial charge is 0.416 e. The number of hydrogen-bond acceptors (Lipinski definition) is 4. The van der Waals surface area contributed by atoms with Crippen molar-refractivity contribution in [2.45, 2.75) is 38.8 Å². The minimum Gasteiger partial charge on any atom is -0.416 e. The Morgan fingerprint density at radius 1 is 1.27 bits per heavy atom. The van der Waals surface area contributed by atoms with Crippen LogP contribution < -0.4 is 4.74 Å². The first-order valence-corrected chi connectivity index (χ1v) is 9.73. The fourth-order valence-corrected chi connectivity index (χ4v) is 5.49. The number of hydrogen-bond donors (Lipinski definition) is 0. The number of fused-ring (bicyclic) bond motifs is 1. The predicted molar refractivity (Wildman–Crippen MR) is 96.4 cm³/mol. The highest BCUT2D eigenvalue weighted by Gasteiger charge is 2.48. The lowest BCUT2D eigenvalue weighted by molar-refractivity contribution is -0.965. The van der Waals surface area contributed by atoms with E-state index in [1.807, 2.05) is 6.07 Å². The highest BCUT2D eigenvalue weighted by molar-refractivity contribution is 7.14. The molecule has 136 valence electrons. The van der Waals surface area contributed by atoms with Gasteiger partial charge in [0.1, 0.15) is 12.4 Å². The molecular formula is C20H21FNO3S+. The summed E-state index contributed by atoms with van der Waals surface area (Å²) in [5.74, 6) is -0.507. The Bertz CT molecular complexity index is 878. The van der Waals surface area contributed by atoms with Gasteiger partial charge in [-0.3, -0.25) is 9.59 Å². The normalized spacial score (nSPS) is 25.2. The first-order valence-electron chi connectivity index (χ1n) is 8.91. The average Bonchev–Trinajstić information content (AvgIpc) is 2.96. The van der Waals surface area contributed by atoms with Crippen molar-refractivity contribution in [2.75, 3.05) is 13.1 Å². The Hall–Kier alpha value is -2.05. The lowest BCUT2D eigenvalue weighted by atomic mass is 9.87. The van der Waals surface area contributed by atoms with E-state index in [1.54, 1.807) is 18.2 Å². The molecule has 0 amide bonds. The predicted octanol–water partition coefficient (Wildman–Crippen LogP) is 3.79. The quantitative estimate of drug-likeness (QED) is 0.593. The smallest absolute Gasteiger partial charge is 0.308 e. The first kappa shape index (κ1) is 17.4. The van der Waals surface area contributed by atoms with E-state index in [1.165, 1.54) is 29.2 Å². The van der Waals surface area contributed by atoms with Gasteiger partial charge in [-0.1, -0.05) is 12.1 Å². The molecule has 0 radical (unpaired) electrons. The third kappa shape index (κ3) is 2.97. The van der Waals surface area contributed by atoms with Gasteiger partial charge in [0.15, 0.2) is 16.9 Å². The summed E-state index contributed by atoms with van der Waals surface area (Å²) in [4.78, 5) is 25.3. The highest BCUT2D eigenvalue weighted by atomic mass is 32.1. The highest BCUT2D eigenvalue weighted by Crippen LogP contribution is 2.44. The SMILES string of the molecule is CC(=O)Oc1cc2c(s1)CC[N+]1(CCCC(=O)C1c1ccccc1F)C2. The van der Waals surface area contributed by atoms with Crippen LogP contribution in [0.4, 0.5) is 4.39 Å². The van der Waals surface area contributed by atoms with Crippen molar-refractivity contribution in [1.82, 2.24) is 0 Å². The molecule has 0 N–H and O–H groups in total. The van der Waals surface area contributed by atoms with Gasteiger partial charge < -0.3 is 9.22 Å². The number of thiophene rings is 1. The molecule has 1 aromatic heterocycles. The molecule has 0 bridgehead atoms. The molecule has 0 aliphatic carbocycles. The van der Waals surface area contributed by atoms with Crippen molar-refractivity contribution in [3.63, 3.8) is 0 Å². The molecule has 6 heteroatoms. The van der Waals surface area contributed by atoms with Crippen LogP contribution in [0, 0.1) is 5.82 Å². The molecular weight excluding hydrogens is 353 g/mol. The Kier molecular flexibility index (Phi) is 4.40. The second-order valence-corrected chi connectivity index (χ2v) is 8.27. The zero-order chi connectivity index (χ0) is 18.3. The van der Waals surface area contributed by atoms with E-state index in [0.29, 0.717) is 28.1 Å². The van der Waals surface area contributed by atoms with Crippen molar-refractivity contribution in [3.05, 3.63) is 52.2 Å². The number of carbonyl (C=O) groups excluding carboxylic acids is 2. The van der Waals surface area contributed by atoms with E-state index >= 15 is 0 Å². The maximum absolute atomic E-state index is 14.5. The maximum Gasteiger partial charge on any atom is 0.308 e. The summed E-state index contributed by atoms with van der Waals surface area (Å²) in [7, 11) is 0. The molecule has 1 fully saturated rings. The molecule has 1 aromatic carbocycles. The van der Waals surface area contributed by atoms with Gasteiger partial charge in [-0.15, -0.1) is 11.3 Å². The second-order valence-electron chi connectivity index (χ2n) is 7.18. The zero-order valence-corrected chi connectivity index (χ0v) is 15.5. The van der Waals surface area contributed by atoms with Gasteiger partial charge in [0.25, 0.3) is 0 Å². The topological polar surface area (TPSA) is 43.4 Å². The van der Waals surface area contributed by atoms with Gasteiger partial charge in [-0.2, -0.15) is 0 Å². The summed E-state index contributed by atoms with van der Waals surface area (Å²) in [5.41, 5.74) is 1.63. The van der Waals surface area contributed by atoms with Crippen molar-refractivity contribution in [3.8, 4) is 5.06 Å². The number of Topliss-reactive ketones (excluding diaryl/α,β-unsaturated/α-hetero) is 1. The molecule has 2 atom stereocenters. The molecule has 3 heterocycles. The van der Waals surface area contributed by atoms with Crippen LogP contribution in [0.5, 0.6) is 5.06 Å². The standard InChI is InChI=1S/C20H21FNO3S/c1-13(23)25-19-11-14-12-22(10-8-18(14)26-19)9-4-7-17(24)20(22)15-5-2-3-6-16(15)21/h2-3,5-6,11,20H,4,7-10,12H2,1H3/q+1. The summed E-state index contributed by atoms with van der Waals surface area (Å²) >= 11 is 1.50. The van der Waals surface area contributed by atoms with Crippen molar-refractivity contribution in [2.24, 2.45) is 0 Å². The number of rotatable bonds is 2. The third-order valence-electron chi connectivity index (χ3n) is 5.47. The van der Waals surface area contributed by atoms with E-state index in [0.717, 1.165) is 31.5 Å². The number of esters is 1. The fourth-order valence-electron chi connectivity index (χ4n) is 4.44. The lowest BCUT2D eigenvalue weighted by Gasteiger charge is -2.48. The number of halogens is 1. The maximum atomic E-state index is 14.5. The minimum absolute atomic E-state index is 0.125. The number of quaternary nitrogens is 1. The number of piperidine rings is 1. The Labute approximate surface area is 155 Å². The van der Waals surface area contributed by atoms with Crippen LogP contribution in [-0.4, -0.2) is 29.3 Å². The number of ether oxygens (including phenoxy) is 1. The molecule has 26 heavy (non-hydrogen) atoms. The zero-order valence-electron chi connectivity index (χ0n) is 14.7. The van der Waals surface area contributed by atoms with Gasteiger partial charge in [-0.25, -0.2) is 4.39 Å². The molecule has 4 nitrogen and oxygen atoms in total. The van der Waals surface area contributed by atoms with Crippen molar-refractivity contribution < 1.29 is 23.2 Å². The van der Waals surface area contributed by atoms with Crippen LogP contribution in [0.3, 0.4) is 0 Å². The Morgan fingerprint density at radius 2 is 2.08 bits per heavy atom. The van der Waals surface area contributed by atoms with Crippen LogP contribution in [0.25, 0.3) is 0 Å². The van der Waals surface area contributed by atoms with Gasteiger partial charge in [0.2, 0.25) is 0 Å². The van der Waals surface area contributed by atoms with E-state index in [9.17, 15) is 14.0 Å². The summed E-state index contributed by atoms with van der Waals surface area (Å²) in [6, 6.07) is 8.11. The molecule has 2 aliphatic rings. The van der Waals surface area contributed by atoms with E-state index in [-0.39, 0.29) is 17.6 Å². The van der Waals surface area contributed by atoms with E-state index in [2.05, 4.69) is 0 Å². The molecule has 2 unspecified atom stereocenters. The molecule has 2 aliphatic heterocycles. The second kappa shape index (κ2) is 6.59. The molecule has 2 aromatic rings. The molecule has 1 saturated heterocycles. The number of nitrogens with zero attached hydrogens (tertiary/aromatic N) is 1. The van der Waals surface area contributed by atoms with E-state index in [4.69, 9.17) is 4.74 Å². The lowest BCUT2D eigenvalue weighted by Crippen LogP contribution is -2.58. The van der Waals surface area contributed by atoms with Gasteiger partial charge in [0.05, 0.1) is 18.7 Å².